The van der Waals surface area contributed by atoms with Gasteiger partial charge in [0.15, 0.2) is 0 Å². The molecule has 0 amide bonds. The zero-order valence-electron chi connectivity index (χ0n) is 12.1. The van der Waals surface area contributed by atoms with Gasteiger partial charge in [0.2, 0.25) is 0 Å². The van der Waals surface area contributed by atoms with Crippen molar-refractivity contribution in [3.05, 3.63) is 0 Å². The first-order chi connectivity index (χ1) is 8.34. The first-order valence-corrected chi connectivity index (χ1v) is 8.86. The summed E-state index contributed by atoms with van der Waals surface area (Å²) in [5.74, 6) is 0. The molecule has 0 aromatic heterocycles. The van der Waals surface area contributed by atoms with Crippen LogP contribution in [0.25, 0.3) is 0 Å². The lowest BCUT2D eigenvalue weighted by Gasteiger charge is -2.33. The normalized spacial score (nSPS) is 21.2. The van der Waals surface area contributed by atoms with Gasteiger partial charge in [0.1, 0.15) is 0 Å². The third-order valence-corrected chi connectivity index (χ3v) is 3.24. The Hall–Kier alpha value is -0.130. The lowest BCUT2D eigenvalue weighted by molar-refractivity contribution is 0.157. The molecule has 1 heterocycles. The van der Waals surface area contributed by atoms with Gasteiger partial charge in [-0.3, -0.25) is 4.55 Å². The maximum Gasteiger partial charge on any atom is 0.261 e. The average molecular weight is 279 g/mol. The zero-order valence-corrected chi connectivity index (χ0v) is 12.9. The van der Waals surface area contributed by atoms with Gasteiger partial charge in [-0.1, -0.05) is 32.6 Å². The van der Waals surface area contributed by atoms with E-state index in [0.29, 0.717) is 6.26 Å². The Balaban J connectivity index is 0.000000494. The number of rotatable bonds is 5. The van der Waals surface area contributed by atoms with Crippen LogP contribution in [0.2, 0.25) is 0 Å². The summed E-state index contributed by atoms with van der Waals surface area (Å²) in [5.41, 5.74) is 0. The highest BCUT2D eigenvalue weighted by Gasteiger charge is 2.16. The molecule has 1 saturated heterocycles. The average Bonchev–Trinajstić information content (AvgIpc) is 2.24. The molecule has 0 saturated carbocycles. The van der Waals surface area contributed by atoms with Gasteiger partial charge in [-0.2, -0.15) is 8.42 Å². The minimum atomic E-state index is -3.67. The largest absolute Gasteiger partial charge is 0.301 e. The topological polar surface area (TPSA) is 57.6 Å². The van der Waals surface area contributed by atoms with Crippen LogP contribution in [0.4, 0.5) is 0 Å². The highest BCUT2D eigenvalue weighted by atomic mass is 32.2. The molecule has 4 nitrogen and oxygen atoms in total. The van der Waals surface area contributed by atoms with E-state index in [0.717, 1.165) is 6.04 Å². The number of likely N-dealkylation sites (tertiary alicyclic amines) is 1. The quantitative estimate of drug-likeness (QED) is 0.621. The number of nitrogens with zero attached hydrogens (tertiary/aromatic N) is 1. The van der Waals surface area contributed by atoms with Crippen molar-refractivity contribution >= 4 is 10.1 Å². The Kier molecular flexibility index (Phi) is 9.68. The minimum absolute atomic E-state index is 0.715. The Bertz CT molecular complexity index is 283. The van der Waals surface area contributed by atoms with E-state index in [1.807, 2.05) is 0 Å². The Morgan fingerprint density at radius 3 is 2.33 bits per heavy atom. The number of hydrogen-bond acceptors (Lipinski definition) is 3. The van der Waals surface area contributed by atoms with Gasteiger partial charge < -0.3 is 4.90 Å². The van der Waals surface area contributed by atoms with Crippen LogP contribution in [0.1, 0.15) is 58.8 Å². The van der Waals surface area contributed by atoms with E-state index in [4.69, 9.17) is 4.55 Å². The van der Waals surface area contributed by atoms with Crippen LogP contribution in [-0.4, -0.2) is 43.3 Å². The predicted octanol–water partition coefficient (Wildman–Crippen LogP) is 2.95. The molecule has 1 N–H and O–H groups in total. The van der Waals surface area contributed by atoms with Gasteiger partial charge in [-0.15, -0.1) is 0 Å². The van der Waals surface area contributed by atoms with Crippen molar-refractivity contribution in [1.82, 2.24) is 4.90 Å². The molecule has 1 fully saturated rings. The SMILES string of the molecule is CCCCCCN1CCCCC1C.CS(=O)(=O)O. The molecule has 0 aromatic carbocycles. The molecule has 0 radical (unpaired) electrons. The maximum absolute atomic E-state index is 9.19. The van der Waals surface area contributed by atoms with Crippen molar-refractivity contribution in [2.45, 2.75) is 64.8 Å². The summed E-state index contributed by atoms with van der Waals surface area (Å²) in [4.78, 5) is 2.68. The molecule has 1 atom stereocenters. The van der Waals surface area contributed by atoms with Crippen molar-refractivity contribution in [2.75, 3.05) is 19.3 Å². The lowest BCUT2D eigenvalue weighted by Crippen LogP contribution is -2.37. The van der Waals surface area contributed by atoms with E-state index in [1.165, 1.54) is 58.0 Å². The molecule has 1 unspecified atom stereocenters. The fourth-order valence-electron chi connectivity index (χ4n) is 2.23. The van der Waals surface area contributed by atoms with Gasteiger partial charge in [0, 0.05) is 6.04 Å². The second-order valence-electron chi connectivity index (χ2n) is 5.17. The minimum Gasteiger partial charge on any atom is -0.301 e. The fourth-order valence-corrected chi connectivity index (χ4v) is 2.23. The predicted molar refractivity (Wildman–Crippen MR) is 76.5 cm³/mol. The summed E-state index contributed by atoms with van der Waals surface area (Å²) in [6.07, 6.45) is 10.6. The number of piperidine rings is 1. The van der Waals surface area contributed by atoms with E-state index >= 15 is 0 Å². The van der Waals surface area contributed by atoms with Crippen LogP contribution >= 0.6 is 0 Å². The smallest absolute Gasteiger partial charge is 0.261 e. The van der Waals surface area contributed by atoms with Gasteiger partial charge >= 0.3 is 0 Å². The molecule has 0 aliphatic carbocycles. The summed E-state index contributed by atoms with van der Waals surface area (Å²) in [6, 6.07) is 0.857. The van der Waals surface area contributed by atoms with Gasteiger partial charge in [-0.05, 0) is 39.3 Å². The van der Waals surface area contributed by atoms with E-state index in [9.17, 15) is 8.42 Å². The summed E-state index contributed by atoms with van der Waals surface area (Å²) in [6.45, 7) is 7.37. The van der Waals surface area contributed by atoms with Crippen LogP contribution in [0.3, 0.4) is 0 Å². The van der Waals surface area contributed by atoms with Crippen molar-refractivity contribution in [2.24, 2.45) is 0 Å². The molecule has 18 heavy (non-hydrogen) atoms. The Labute approximate surface area is 113 Å². The van der Waals surface area contributed by atoms with Crippen LogP contribution < -0.4 is 0 Å². The first-order valence-electron chi connectivity index (χ1n) is 7.01. The highest BCUT2D eigenvalue weighted by Crippen LogP contribution is 2.16. The van der Waals surface area contributed by atoms with Gasteiger partial charge in [0.25, 0.3) is 10.1 Å². The first kappa shape index (κ1) is 17.9. The summed E-state index contributed by atoms with van der Waals surface area (Å²) in [7, 11) is -3.67. The van der Waals surface area contributed by atoms with Crippen LogP contribution in [-0.2, 0) is 10.1 Å². The summed E-state index contributed by atoms with van der Waals surface area (Å²) in [5, 5.41) is 0. The molecule has 0 bridgehead atoms. The summed E-state index contributed by atoms with van der Waals surface area (Å²) >= 11 is 0. The fraction of sp³-hybridized carbons (Fsp3) is 1.00. The van der Waals surface area contributed by atoms with E-state index < -0.39 is 10.1 Å². The molecular formula is C13H29NO3S. The second-order valence-corrected chi connectivity index (χ2v) is 6.64. The third kappa shape index (κ3) is 12.3. The summed E-state index contributed by atoms with van der Waals surface area (Å²) < 4.78 is 25.9. The Morgan fingerprint density at radius 1 is 1.22 bits per heavy atom. The van der Waals surface area contributed by atoms with Crippen molar-refractivity contribution in [1.29, 1.82) is 0 Å². The highest BCUT2D eigenvalue weighted by molar-refractivity contribution is 7.85. The monoisotopic (exact) mass is 279 g/mol. The van der Waals surface area contributed by atoms with E-state index in [2.05, 4.69) is 18.7 Å². The molecule has 1 aliphatic rings. The molecule has 5 heteroatoms. The van der Waals surface area contributed by atoms with E-state index in [-0.39, 0.29) is 0 Å². The number of hydrogen-bond donors (Lipinski definition) is 1. The molecular weight excluding hydrogens is 250 g/mol. The molecule has 0 spiro atoms. The van der Waals surface area contributed by atoms with Crippen molar-refractivity contribution < 1.29 is 13.0 Å². The van der Waals surface area contributed by atoms with Crippen LogP contribution in [0.15, 0.2) is 0 Å². The van der Waals surface area contributed by atoms with Crippen molar-refractivity contribution in [3.63, 3.8) is 0 Å². The van der Waals surface area contributed by atoms with Gasteiger partial charge in [0.05, 0.1) is 6.26 Å². The zero-order chi connectivity index (χ0) is 14.0. The molecule has 1 aliphatic heterocycles. The Morgan fingerprint density at radius 2 is 1.83 bits per heavy atom. The standard InChI is InChI=1S/C12H25N.CH4O3S/c1-3-4-5-7-10-13-11-8-6-9-12(13)2;1-5(2,3)4/h12H,3-11H2,1-2H3;1H3,(H,2,3,4). The molecule has 1 rings (SSSR count). The third-order valence-electron chi connectivity index (χ3n) is 3.24. The second kappa shape index (κ2) is 9.75. The lowest BCUT2D eigenvalue weighted by atomic mass is 10.0. The van der Waals surface area contributed by atoms with E-state index in [1.54, 1.807) is 0 Å². The van der Waals surface area contributed by atoms with Crippen molar-refractivity contribution in [3.8, 4) is 0 Å². The number of unbranched alkanes of at least 4 members (excludes halogenated alkanes) is 3. The maximum atomic E-state index is 9.19. The van der Waals surface area contributed by atoms with Crippen LogP contribution in [0.5, 0.6) is 0 Å². The van der Waals surface area contributed by atoms with Gasteiger partial charge in [-0.25, -0.2) is 0 Å². The molecule has 110 valence electrons. The van der Waals surface area contributed by atoms with Crippen LogP contribution in [0, 0.1) is 0 Å². The molecule has 0 aromatic rings.